The Balaban J connectivity index is 1.15. The van der Waals surface area contributed by atoms with E-state index >= 15 is 0 Å². The summed E-state index contributed by atoms with van der Waals surface area (Å²) in [6, 6.07) is 59.3. The lowest BCUT2D eigenvalue weighted by Gasteiger charge is -2.30. The number of benzene rings is 7. The Hall–Kier alpha value is -6.10. The van der Waals surface area contributed by atoms with Crippen LogP contribution in [0, 0.1) is 0 Å². The van der Waals surface area contributed by atoms with Gasteiger partial charge in [0.05, 0.1) is 28.1 Å². The van der Waals surface area contributed by atoms with E-state index in [2.05, 4.69) is 185 Å². The van der Waals surface area contributed by atoms with E-state index in [1.807, 2.05) is 11.3 Å². The number of nitrogens with zero attached hydrogens (tertiary/aromatic N) is 2. The highest BCUT2D eigenvalue weighted by Gasteiger charge is 2.23. The fraction of sp³-hybridized carbons (Fsp3) is 0.0222. The maximum Gasteiger partial charge on any atom is 0.0607 e. The van der Waals surface area contributed by atoms with Gasteiger partial charge in [-0.1, -0.05) is 103 Å². The highest BCUT2D eigenvalue weighted by atomic mass is 32.1. The molecule has 2 aromatic heterocycles. The van der Waals surface area contributed by atoms with Crippen molar-refractivity contribution in [3.8, 4) is 16.8 Å². The molecular weight excluding hydrogens is 615 g/mol. The van der Waals surface area contributed by atoms with E-state index in [1.54, 1.807) is 0 Å². The monoisotopic (exact) mass is 645 g/mol. The van der Waals surface area contributed by atoms with Crippen LogP contribution < -0.4 is 10.2 Å². The summed E-state index contributed by atoms with van der Waals surface area (Å²) in [6.45, 7) is 0.718. The van der Waals surface area contributed by atoms with Crippen molar-refractivity contribution in [2.24, 2.45) is 0 Å². The summed E-state index contributed by atoms with van der Waals surface area (Å²) in [7, 11) is 0. The van der Waals surface area contributed by atoms with Crippen LogP contribution in [0.1, 0.15) is 4.88 Å². The standard InChI is InChI=1S/C45H31N3S/c1-3-11-30(12-4-1)31-19-21-35(22-20-31)47(37-28-44-45(46-29-37)40-25-32-13-7-8-14-33(32)26-43(40)49-44)36-23-24-42-39(27-36)38-17-9-10-18-41(38)48(42)34-15-5-2-6-16-34/h1-28,46H,29H2. The number of nitrogens with one attached hydrogen (secondary N) is 1. The smallest absolute Gasteiger partial charge is 0.0607 e. The predicted octanol–water partition coefficient (Wildman–Crippen LogP) is 12.4. The van der Waals surface area contributed by atoms with Gasteiger partial charge >= 0.3 is 0 Å². The van der Waals surface area contributed by atoms with Crippen molar-refractivity contribution >= 4 is 77.1 Å². The molecule has 3 heterocycles. The molecule has 1 N–H and O–H groups in total. The minimum Gasteiger partial charge on any atom is -0.378 e. The summed E-state index contributed by atoms with van der Waals surface area (Å²) < 4.78 is 3.69. The average molecular weight is 646 g/mol. The maximum atomic E-state index is 3.85. The number of thiophene rings is 1. The topological polar surface area (TPSA) is 20.2 Å². The van der Waals surface area contributed by atoms with E-state index in [9.17, 15) is 0 Å². The average Bonchev–Trinajstić information content (AvgIpc) is 3.69. The third-order valence-electron chi connectivity index (χ3n) is 9.78. The van der Waals surface area contributed by atoms with Crippen molar-refractivity contribution in [1.29, 1.82) is 0 Å². The fourth-order valence-corrected chi connectivity index (χ4v) is 8.65. The van der Waals surface area contributed by atoms with Gasteiger partial charge in [-0.05, 0) is 88.6 Å². The minimum absolute atomic E-state index is 0.718. The molecule has 0 spiro atoms. The van der Waals surface area contributed by atoms with Crippen molar-refractivity contribution in [3.63, 3.8) is 0 Å². The first-order valence-electron chi connectivity index (χ1n) is 16.7. The third kappa shape index (κ3) is 4.64. The highest BCUT2D eigenvalue weighted by Crippen LogP contribution is 2.44. The van der Waals surface area contributed by atoms with E-state index in [4.69, 9.17) is 0 Å². The van der Waals surface area contributed by atoms with Crippen molar-refractivity contribution in [2.75, 3.05) is 16.8 Å². The Kier molecular flexibility index (Phi) is 6.42. The lowest BCUT2D eigenvalue weighted by atomic mass is 10.0. The van der Waals surface area contributed by atoms with Crippen LogP contribution in [0.2, 0.25) is 0 Å². The fourth-order valence-electron chi connectivity index (χ4n) is 7.48. The Morgan fingerprint density at radius 3 is 2.00 bits per heavy atom. The van der Waals surface area contributed by atoms with Crippen LogP contribution in [0.4, 0.5) is 17.1 Å². The zero-order valence-electron chi connectivity index (χ0n) is 26.7. The molecule has 0 saturated heterocycles. The summed E-state index contributed by atoms with van der Waals surface area (Å²) in [6.07, 6.45) is 2.39. The Labute approximate surface area is 288 Å². The van der Waals surface area contributed by atoms with Gasteiger partial charge in [0.15, 0.2) is 0 Å². The molecule has 1 aliphatic heterocycles. The normalized spacial score (nSPS) is 12.7. The van der Waals surface area contributed by atoms with Gasteiger partial charge in [0.1, 0.15) is 0 Å². The molecule has 0 atom stereocenters. The van der Waals surface area contributed by atoms with E-state index in [0.29, 0.717) is 0 Å². The van der Waals surface area contributed by atoms with Crippen LogP contribution in [-0.4, -0.2) is 11.1 Å². The molecule has 0 fully saturated rings. The van der Waals surface area contributed by atoms with Crippen LogP contribution in [0.15, 0.2) is 169 Å². The zero-order chi connectivity index (χ0) is 32.3. The van der Waals surface area contributed by atoms with Crippen molar-refractivity contribution in [1.82, 2.24) is 4.57 Å². The maximum absolute atomic E-state index is 3.85. The Morgan fingerprint density at radius 2 is 1.18 bits per heavy atom. The summed E-state index contributed by atoms with van der Waals surface area (Å²) in [5.74, 6) is 0. The molecular formula is C45H31N3S. The first-order valence-corrected chi connectivity index (χ1v) is 17.5. The van der Waals surface area contributed by atoms with E-state index < -0.39 is 0 Å². The molecule has 0 radical (unpaired) electrons. The summed E-state index contributed by atoms with van der Waals surface area (Å²) in [4.78, 5) is 3.69. The molecule has 0 bridgehead atoms. The van der Waals surface area contributed by atoms with Gasteiger partial charge in [-0.25, -0.2) is 0 Å². The zero-order valence-corrected chi connectivity index (χ0v) is 27.5. The van der Waals surface area contributed by atoms with Gasteiger partial charge in [-0.2, -0.15) is 0 Å². The molecule has 10 rings (SSSR count). The van der Waals surface area contributed by atoms with Crippen LogP contribution in [0.5, 0.6) is 0 Å². The van der Waals surface area contributed by atoms with Crippen LogP contribution in [0.25, 0.3) is 65.6 Å². The SMILES string of the molecule is C1=C(N(c2ccc(-c3ccccc3)cc2)c2ccc3c(c2)c2ccccc2n3-c2ccccc2)CNc2c1sc1cc3ccccc3cc21. The third-order valence-corrected chi connectivity index (χ3v) is 10.9. The van der Waals surface area contributed by atoms with Crippen molar-refractivity contribution in [3.05, 3.63) is 174 Å². The number of para-hydroxylation sites is 2. The molecule has 0 saturated carbocycles. The van der Waals surface area contributed by atoms with Crippen LogP contribution in [-0.2, 0) is 0 Å². The highest BCUT2D eigenvalue weighted by molar-refractivity contribution is 7.20. The molecule has 49 heavy (non-hydrogen) atoms. The van der Waals surface area contributed by atoms with Crippen LogP contribution >= 0.6 is 11.3 Å². The largest absolute Gasteiger partial charge is 0.378 e. The van der Waals surface area contributed by atoms with Crippen molar-refractivity contribution < 1.29 is 0 Å². The van der Waals surface area contributed by atoms with E-state index in [0.717, 1.165) is 17.9 Å². The summed E-state index contributed by atoms with van der Waals surface area (Å²) in [5.41, 5.74) is 10.7. The number of rotatable bonds is 5. The predicted molar refractivity (Wildman–Crippen MR) is 211 cm³/mol. The first-order chi connectivity index (χ1) is 24.3. The van der Waals surface area contributed by atoms with Gasteiger partial charge in [-0.3, -0.25) is 0 Å². The minimum atomic E-state index is 0.718. The molecule has 0 amide bonds. The molecule has 9 aromatic rings. The molecule has 1 aliphatic rings. The molecule has 0 aliphatic carbocycles. The molecule has 232 valence electrons. The number of aromatic nitrogens is 1. The summed E-state index contributed by atoms with van der Waals surface area (Å²) in [5, 5.41) is 10.2. The lowest BCUT2D eigenvalue weighted by molar-refractivity contribution is 1.09. The second-order valence-corrected chi connectivity index (χ2v) is 13.7. The van der Waals surface area contributed by atoms with E-state index in [1.165, 1.54) is 75.7 Å². The molecule has 0 unspecified atom stereocenters. The molecule has 3 nitrogen and oxygen atoms in total. The molecule has 7 aromatic carbocycles. The van der Waals surface area contributed by atoms with Crippen molar-refractivity contribution in [2.45, 2.75) is 0 Å². The van der Waals surface area contributed by atoms with E-state index in [-0.39, 0.29) is 0 Å². The second-order valence-electron chi connectivity index (χ2n) is 12.7. The number of hydrogen-bond donors (Lipinski definition) is 1. The number of anilines is 3. The number of fused-ring (bicyclic) bond motifs is 7. The van der Waals surface area contributed by atoms with Gasteiger partial charge in [0.25, 0.3) is 0 Å². The van der Waals surface area contributed by atoms with Crippen LogP contribution in [0.3, 0.4) is 0 Å². The van der Waals surface area contributed by atoms with Gasteiger partial charge in [-0.15, -0.1) is 11.3 Å². The first kappa shape index (κ1) is 28.0. The Bertz CT molecular complexity index is 2700. The Morgan fingerprint density at radius 1 is 0.531 bits per heavy atom. The lowest BCUT2D eigenvalue weighted by Crippen LogP contribution is -2.24. The summed E-state index contributed by atoms with van der Waals surface area (Å²) >= 11 is 1.86. The molecule has 4 heteroatoms. The second kappa shape index (κ2) is 11.3. The van der Waals surface area contributed by atoms with Gasteiger partial charge in [0, 0.05) is 43.6 Å². The number of hydrogen-bond acceptors (Lipinski definition) is 3. The van der Waals surface area contributed by atoms with Gasteiger partial charge < -0.3 is 14.8 Å². The van der Waals surface area contributed by atoms with Gasteiger partial charge in [0.2, 0.25) is 0 Å². The quantitative estimate of drug-likeness (QED) is 0.201.